The van der Waals surface area contributed by atoms with Gasteiger partial charge in [0.25, 0.3) is 0 Å². The first-order valence-electron chi connectivity index (χ1n) is 10.7. The minimum atomic E-state index is -0.431. The number of anilines is 1. The van der Waals surface area contributed by atoms with E-state index < -0.39 is 6.04 Å². The molecule has 0 aliphatic carbocycles. The molecule has 3 amide bonds. The molecule has 0 fully saturated rings. The maximum absolute atomic E-state index is 12.7. The Labute approximate surface area is 189 Å². The van der Waals surface area contributed by atoms with Crippen LogP contribution in [-0.2, 0) is 4.79 Å². The molecule has 0 heterocycles. The van der Waals surface area contributed by atoms with E-state index in [2.05, 4.69) is 16.0 Å². The van der Waals surface area contributed by atoms with E-state index in [9.17, 15) is 9.59 Å². The van der Waals surface area contributed by atoms with E-state index in [0.29, 0.717) is 12.2 Å². The third-order valence-electron chi connectivity index (χ3n) is 5.03. The Morgan fingerprint density at radius 2 is 1.41 bits per heavy atom. The molecule has 0 aliphatic rings. The van der Waals surface area contributed by atoms with Crippen molar-refractivity contribution in [3.63, 3.8) is 0 Å². The Balaban J connectivity index is 1.61. The van der Waals surface area contributed by atoms with Crippen molar-refractivity contribution in [1.29, 1.82) is 0 Å². The predicted molar refractivity (Wildman–Crippen MR) is 129 cm³/mol. The van der Waals surface area contributed by atoms with E-state index >= 15 is 0 Å². The number of nitrogens with zero attached hydrogens (tertiary/aromatic N) is 1. The zero-order valence-electron chi connectivity index (χ0n) is 18.5. The average molecular weight is 431 g/mol. The highest BCUT2D eigenvalue weighted by molar-refractivity contribution is 5.90. The van der Waals surface area contributed by atoms with Gasteiger partial charge in [0.15, 0.2) is 0 Å². The van der Waals surface area contributed by atoms with E-state index in [4.69, 9.17) is 0 Å². The molecule has 32 heavy (non-hydrogen) atoms. The van der Waals surface area contributed by atoms with Crippen LogP contribution in [-0.4, -0.2) is 44.0 Å². The molecule has 0 saturated carbocycles. The maximum Gasteiger partial charge on any atom is 0.319 e. The third-order valence-corrected chi connectivity index (χ3v) is 5.03. The minimum Gasteiger partial charge on any atom is -0.355 e. The maximum atomic E-state index is 12.7. The van der Waals surface area contributed by atoms with Gasteiger partial charge in [0.1, 0.15) is 0 Å². The Morgan fingerprint density at radius 1 is 0.812 bits per heavy atom. The second-order valence-corrected chi connectivity index (χ2v) is 7.86. The number of carbonyl (C=O) groups excluding carboxylic acids is 2. The summed E-state index contributed by atoms with van der Waals surface area (Å²) in [6.07, 6.45) is 0.164. The molecular formula is C26H30N4O2. The quantitative estimate of drug-likeness (QED) is 0.474. The van der Waals surface area contributed by atoms with Crippen LogP contribution in [0.2, 0.25) is 0 Å². The summed E-state index contributed by atoms with van der Waals surface area (Å²) in [6, 6.07) is 26.5. The average Bonchev–Trinajstić information content (AvgIpc) is 2.80. The number of urea groups is 1. The van der Waals surface area contributed by atoms with Crippen molar-refractivity contribution in [2.24, 2.45) is 0 Å². The van der Waals surface area contributed by atoms with Crippen LogP contribution in [0, 0.1) is 0 Å². The summed E-state index contributed by atoms with van der Waals surface area (Å²) in [5.41, 5.74) is 3.76. The van der Waals surface area contributed by atoms with Gasteiger partial charge >= 0.3 is 6.03 Å². The highest BCUT2D eigenvalue weighted by Crippen LogP contribution is 2.21. The van der Waals surface area contributed by atoms with E-state index in [0.717, 1.165) is 23.2 Å². The van der Waals surface area contributed by atoms with Crippen molar-refractivity contribution in [1.82, 2.24) is 15.5 Å². The molecule has 166 valence electrons. The summed E-state index contributed by atoms with van der Waals surface area (Å²) in [7, 11) is 3.91. The summed E-state index contributed by atoms with van der Waals surface area (Å²) in [5, 5.41) is 8.71. The number of hydrogen-bond donors (Lipinski definition) is 3. The molecule has 1 unspecified atom stereocenters. The molecule has 0 aromatic heterocycles. The van der Waals surface area contributed by atoms with Crippen LogP contribution in [0.1, 0.15) is 18.0 Å². The predicted octanol–water partition coefficient (Wildman–Crippen LogP) is 4.28. The lowest BCUT2D eigenvalue weighted by Gasteiger charge is -2.20. The molecule has 3 aromatic rings. The van der Waals surface area contributed by atoms with Crippen LogP contribution in [0.4, 0.5) is 10.5 Å². The van der Waals surface area contributed by atoms with Crippen LogP contribution in [0.5, 0.6) is 0 Å². The van der Waals surface area contributed by atoms with Gasteiger partial charge in [0, 0.05) is 18.8 Å². The molecule has 6 heteroatoms. The molecule has 3 rings (SSSR count). The lowest BCUT2D eigenvalue weighted by molar-refractivity contribution is -0.121. The first kappa shape index (κ1) is 23.0. The van der Waals surface area contributed by atoms with Crippen LogP contribution < -0.4 is 16.0 Å². The Kier molecular flexibility index (Phi) is 8.40. The topological polar surface area (TPSA) is 73.5 Å². The number of rotatable bonds is 9. The van der Waals surface area contributed by atoms with Crippen molar-refractivity contribution in [3.8, 4) is 11.1 Å². The van der Waals surface area contributed by atoms with Gasteiger partial charge in [-0.1, -0.05) is 72.8 Å². The second-order valence-electron chi connectivity index (χ2n) is 7.86. The van der Waals surface area contributed by atoms with Gasteiger partial charge in [-0.2, -0.15) is 0 Å². The van der Waals surface area contributed by atoms with Crippen LogP contribution >= 0.6 is 0 Å². The van der Waals surface area contributed by atoms with Gasteiger partial charge in [-0.05, 0) is 42.9 Å². The fourth-order valence-corrected chi connectivity index (χ4v) is 3.32. The van der Waals surface area contributed by atoms with Crippen LogP contribution in [0.3, 0.4) is 0 Å². The van der Waals surface area contributed by atoms with Gasteiger partial charge < -0.3 is 20.9 Å². The fourth-order valence-electron chi connectivity index (χ4n) is 3.32. The van der Waals surface area contributed by atoms with Gasteiger partial charge in [-0.15, -0.1) is 0 Å². The van der Waals surface area contributed by atoms with Gasteiger partial charge in [0.05, 0.1) is 12.5 Å². The number of benzene rings is 3. The summed E-state index contributed by atoms with van der Waals surface area (Å²) >= 11 is 0. The molecule has 3 aromatic carbocycles. The molecule has 3 N–H and O–H groups in total. The Hall–Kier alpha value is -3.64. The van der Waals surface area contributed by atoms with Crippen molar-refractivity contribution < 1.29 is 9.59 Å². The third kappa shape index (κ3) is 7.25. The fraction of sp³-hybridized carbons (Fsp3) is 0.231. The lowest BCUT2D eigenvalue weighted by atomic mass is 10.0. The number of hydrogen-bond acceptors (Lipinski definition) is 3. The summed E-state index contributed by atoms with van der Waals surface area (Å²) in [5.74, 6) is -0.104. The standard InChI is InChI=1S/C26H30N4O2/c1-30(2)18-17-27-25(31)19-24(22-11-7-4-8-12-22)29-26(32)28-23-15-13-21(14-16-23)20-9-5-3-6-10-20/h3-16,24H,17-19H2,1-2H3,(H,27,31)(H2,28,29,32). The molecule has 0 saturated heterocycles. The minimum absolute atomic E-state index is 0.104. The second kappa shape index (κ2) is 11.7. The van der Waals surface area contributed by atoms with E-state index in [-0.39, 0.29) is 18.4 Å². The summed E-state index contributed by atoms with van der Waals surface area (Å²) in [4.78, 5) is 27.1. The SMILES string of the molecule is CN(C)CCNC(=O)CC(NC(=O)Nc1ccc(-c2ccccc2)cc1)c1ccccc1. The number of likely N-dealkylation sites (N-methyl/N-ethyl adjacent to an activating group) is 1. The normalized spacial score (nSPS) is 11.6. The van der Waals surface area contributed by atoms with E-state index in [1.54, 1.807) is 0 Å². The molecule has 6 nitrogen and oxygen atoms in total. The molecule has 0 aliphatic heterocycles. The van der Waals surface area contributed by atoms with Gasteiger partial charge in [0.2, 0.25) is 5.91 Å². The molecule has 0 spiro atoms. The monoisotopic (exact) mass is 430 g/mol. The van der Waals surface area contributed by atoms with E-state index in [1.165, 1.54) is 0 Å². The highest BCUT2D eigenvalue weighted by Gasteiger charge is 2.18. The zero-order chi connectivity index (χ0) is 22.8. The molecule has 0 bridgehead atoms. The highest BCUT2D eigenvalue weighted by atomic mass is 16.2. The molecule has 1 atom stereocenters. The van der Waals surface area contributed by atoms with E-state index in [1.807, 2.05) is 104 Å². The summed E-state index contributed by atoms with van der Waals surface area (Å²) < 4.78 is 0. The largest absolute Gasteiger partial charge is 0.355 e. The van der Waals surface area contributed by atoms with Crippen molar-refractivity contribution in [2.45, 2.75) is 12.5 Å². The lowest BCUT2D eigenvalue weighted by Crippen LogP contribution is -2.37. The number of amides is 3. The van der Waals surface area contributed by atoms with Gasteiger partial charge in [-0.3, -0.25) is 4.79 Å². The molecular weight excluding hydrogens is 400 g/mol. The van der Waals surface area contributed by atoms with Crippen LogP contribution in [0.15, 0.2) is 84.9 Å². The first-order valence-corrected chi connectivity index (χ1v) is 10.7. The first-order chi connectivity index (χ1) is 15.5. The zero-order valence-corrected chi connectivity index (χ0v) is 18.5. The van der Waals surface area contributed by atoms with Crippen molar-refractivity contribution in [3.05, 3.63) is 90.5 Å². The smallest absolute Gasteiger partial charge is 0.319 e. The van der Waals surface area contributed by atoms with Crippen molar-refractivity contribution >= 4 is 17.6 Å². The van der Waals surface area contributed by atoms with Crippen LogP contribution in [0.25, 0.3) is 11.1 Å². The molecule has 0 radical (unpaired) electrons. The number of nitrogens with one attached hydrogen (secondary N) is 3. The van der Waals surface area contributed by atoms with Crippen molar-refractivity contribution in [2.75, 3.05) is 32.5 Å². The van der Waals surface area contributed by atoms with Gasteiger partial charge in [-0.25, -0.2) is 4.79 Å². The Bertz CT molecular complexity index is 989. The summed E-state index contributed by atoms with van der Waals surface area (Å²) in [6.45, 7) is 1.32. The Morgan fingerprint density at radius 3 is 2.03 bits per heavy atom. The number of carbonyl (C=O) groups is 2.